The van der Waals surface area contributed by atoms with Gasteiger partial charge < -0.3 is 19.5 Å². The van der Waals surface area contributed by atoms with Crippen LogP contribution in [0.1, 0.15) is 24.9 Å². The van der Waals surface area contributed by atoms with Crippen LogP contribution in [0, 0.1) is 0 Å². The van der Waals surface area contributed by atoms with Gasteiger partial charge in [0.05, 0.1) is 12.6 Å². The molecule has 1 aromatic rings. The molecule has 0 bridgehead atoms. The summed E-state index contributed by atoms with van der Waals surface area (Å²) in [7, 11) is 1.94. The average Bonchev–Trinajstić information content (AvgIpc) is 2.82. The summed E-state index contributed by atoms with van der Waals surface area (Å²) >= 11 is 0. The van der Waals surface area contributed by atoms with Crippen molar-refractivity contribution in [2.24, 2.45) is 0 Å². The van der Waals surface area contributed by atoms with Crippen molar-refractivity contribution >= 4 is 0 Å². The molecule has 1 N–H and O–H groups in total. The van der Waals surface area contributed by atoms with Crippen molar-refractivity contribution in [3.8, 4) is 11.5 Å². The minimum absolute atomic E-state index is 0.191. The molecule has 4 nitrogen and oxygen atoms in total. The molecule has 0 saturated carbocycles. The third kappa shape index (κ3) is 2.90. The van der Waals surface area contributed by atoms with Crippen LogP contribution in [-0.4, -0.2) is 27.1 Å². The fraction of sp³-hybridized carbons (Fsp3) is 0.538. The number of nitrogens with one attached hydrogen (secondary N) is 1. The Kier molecular flexibility index (Phi) is 4.23. The summed E-state index contributed by atoms with van der Waals surface area (Å²) in [4.78, 5) is 0. The maximum absolute atomic E-state index is 5.58. The Bertz CT molecular complexity index is 368. The van der Waals surface area contributed by atoms with E-state index in [-0.39, 0.29) is 6.04 Å². The van der Waals surface area contributed by atoms with Gasteiger partial charge in [0.15, 0.2) is 11.5 Å². The molecule has 17 heavy (non-hydrogen) atoms. The molecular weight excluding hydrogens is 218 g/mol. The average molecular weight is 237 g/mol. The van der Waals surface area contributed by atoms with Gasteiger partial charge in [-0.05, 0) is 31.2 Å². The molecule has 4 heteroatoms. The van der Waals surface area contributed by atoms with Crippen LogP contribution in [0.3, 0.4) is 0 Å². The van der Waals surface area contributed by atoms with Gasteiger partial charge in [0, 0.05) is 6.61 Å². The first-order valence-electron chi connectivity index (χ1n) is 5.99. The fourth-order valence-corrected chi connectivity index (χ4v) is 1.82. The van der Waals surface area contributed by atoms with Crippen molar-refractivity contribution in [3.05, 3.63) is 23.8 Å². The van der Waals surface area contributed by atoms with Gasteiger partial charge in [0.1, 0.15) is 0 Å². The van der Waals surface area contributed by atoms with Crippen LogP contribution in [0.25, 0.3) is 0 Å². The van der Waals surface area contributed by atoms with Gasteiger partial charge in [-0.1, -0.05) is 13.0 Å². The van der Waals surface area contributed by atoms with Gasteiger partial charge in [-0.2, -0.15) is 0 Å². The van der Waals surface area contributed by atoms with Crippen LogP contribution in [-0.2, 0) is 4.74 Å². The minimum atomic E-state index is 0.191. The summed E-state index contributed by atoms with van der Waals surface area (Å²) in [5.41, 5.74) is 1.16. The van der Waals surface area contributed by atoms with E-state index in [1.165, 1.54) is 0 Å². The van der Waals surface area contributed by atoms with Gasteiger partial charge in [0.25, 0.3) is 0 Å². The Labute approximate surface area is 102 Å². The van der Waals surface area contributed by atoms with E-state index >= 15 is 0 Å². The molecule has 2 rings (SSSR count). The Hall–Kier alpha value is -1.26. The highest BCUT2D eigenvalue weighted by atomic mass is 16.7. The van der Waals surface area contributed by atoms with Crippen LogP contribution < -0.4 is 14.8 Å². The molecule has 0 fully saturated rings. The molecule has 1 aliphatic heterocycles. The molecule has 1 aliphatic rings. The van der Waals surface area contributed by atoms with Crippen LogP contribution in [0.5, 0.6) is 11.5 Å². The molecule has 0 aromatic heterocycles. The first kappa shape index (κ1) is 12.2. The molecule has 0 aliphatic carbocycles. The molecule has 94 valence electrons. The highest BCUT2D eigenvalue weighted by Crippen LogP contribution is 2.34. The van der Waals surface area contributed by atoms with Gasteiger partial charge in [-0.3, -0.25) is 0 Å². The minimum Gasteiger partial charge on any atom is -0.454 e. The quantitative estimate of drug-likeness (QED) is 0.769. The predicted octanol–water partition coefficient (Wildman–Crippen LogP) is 2.10. The fourth-order valence-electron chi connectivity index (χ4n) is 1.82. The zero-order valence-electron chi connectivity index (χ0n) is 10.4. The zero-order valence-corrected chi connectivity index (χ0v) is 10.4. The molecule has 1 unspecified atom stereocenters. The highest BCUT2D eigenvalue weighted by molar-refractivity contribution is 5.45. The molecule has 0 saturated heterocycles. The summed E-state index contributed by atoms with van der Waals surface area (Å²) in [6.45, 7) is 3.89. The van der Waals surface area contributed by atoms with E-state index in [1.807, 2.05) is 25.2 Å². The van der Waals surface area contributed by atoms with Crippen molar-refractivity contribution in [1.29, 1.82) is 0 Å². The third-order valence-corrected chi connectivity index (χ3v) is 2.78. The van der Waals surface area contributed by atoms with E-state index in [2.05, 4.69) is 12.2 Å². The SMILES string of the molecule is CCCOCC(NC)c1ccc2c(c1)OCO2. The largest absolute Gasteiger partial charge is 0.454 e. The van der Waals surface area contributed by atoms with Crippen molar-refractivity contribution in [2.45, 2.75) is 19.4 Å². The van der Waals surface area contributed by atoms with Crippen LogP contribution in [0.4, 0.5) is 0 Å². The lowest BCUT2D eigenvalue weighted by Gasteiger charge is -2.17. The Balaban J connectivity index is 2.03. The van der Waals surface area contributed by atoms with Crippen LogP contribution in [0.2, 0.25) is 0 Å². The standard InChI is InChI=1S/C13H19NO3/c1-3-6-15-8-11(14-2)10-4-5-12-13(7-10)17-9-16-12/h4-5,7,11,14H,3,6,8-9H2,1-2H3. The second kappa shape index (κ2) is 5.89. The number of benzene rings is 1. The number of ether oxygens (including phenoxy) is 3. The van der Waals surface area contributed by atoms with Gasteiger partial charge in [-0.15, -0.1) is 0 Å². The predicted molar refractivity (Wildman–Crippen MR) is 65.5 cm³/mol. The number of likely N-dealkylation sites (N-methyl/N-ethyl adjacent to an activating group) is 1. The first-order chi connectivity index (χ1) is 8.35. The van der Waals surface area contributed by atoms with Crippen molar-refractivity contribution in [3.63, 3.8) is 0 Å². The van der Waals surface area contributed by atoms with Crippen LogP contribution in [0.15, 0.2) is 18.2 Å². The molecule has 1 heterocycles. The van der Waals surface area contributed by atoms with E-state index in [0.29, 0.717) is 13.4 Å². The summed E-state index contributed by atoms with van der Waals surface area (Å²) in [6.07, 6.45) is 1.04. The number of hydrogen-bond acceptors (Lipinski definition) is 4. The molecule has 0 radical (unpaired) electrons. The summed E-state index contributed by atoms with van der Waals surface area (Å²) in [6, 6.07) is 6.20. The second-order valence-corrected chi connectivity index (χ2v) is 4.03. The number of rotatable bonds is 6. The highest BCUT2D eigenvalue weighted by Gasteiger charge is 2.17. The molecular formula is C13H19NO3. The molecule has 0 amide bonds. The second-order valence-electron chi connectivity index (χ2n) is 4.03. The molecule has 0 spiro atoms. The zero-order chi connectivity index (χ0) is 12.1. The Morgan fingerprint density at radius 2 is 2.18 bits per heavy atom. The number of fused-ring (bicyclic) bond motifs is 1. The maximum atomic E-state index is 5.58. The van der Waals surface area contributed by atoms with Gasteiger partial charge in [-0.25, -0.2) is 0 Å². The normalized spacial score (nSPS) is 14.9. The lowest BCUT2D eigenvalue weighted by molar-refractivity contribution is 0.114. The lowest BCUT2D eigenvalue weighted by Crippen LogP contribution is -2.21. The molecule has 1 atom stereocenters. The van der Waals surface area contributed by atoms with Crippen LogP contribution >= 0.6 is 0 Å². The van der Waals surface area contributed by atoms with E-state index < -0.39 is 0 Å². The summed E-state index contributed by atoms with van der Waals surface area (Å²) in [5.74, 6) is 1.64. The Morgan fingerprint density at radius 1 is 1.35 bits per heavy atom. The molecule has 1 aromatic carbocycles. The third-order valence-electron chi connectivity index (χ3n) is 2.78. The van der Waals surface area contributed by atoms with Crippen molar-refractivity contribution in [1.82, 2.24) is 5.32 Å². The number of hydrogen-bond donors (Lipinski definition) is 1. The van der Waals surface area contributed by atoms with E-state index in [9.17, 15) is 0 Å². The maximum Gasteiger partial charge on any atom is 0.231 e. The summed E-state index contributed by atoms with van der Waals surface area (Å²) < 4.78 is 16.2. The van der Waals surface area contributed by atoms with E-state index in [1.54, 1.807) is 0 Å². The first-order valence-corrected chi connectivity index (χ1v) is 5.99. The topological polar surface area (TPSA) is 39.7 Å². The smallest absolute Gasteiger partial charge is 0.231 e. The van der Waals surface area contributed by atoms with Gasteiger partial charge in [0.2, 0.25) is 6.79 Å². The monoisotopic (exact) mass is 237 g/mol. The lowest BCUT2D eigenvalue weighted by atomic mass is 10.1. The van der Waals surface area contributed by atoms with Gasteiger partial charge >= 0.3 is 0 Å². The van der Waals surface area contributed by atoms with Crippen molar-refractivity contribution < 1.29 is 14.2 Å². The Morgan fingerprint density at radius 3 is 2.94 bits per heavy atom. The van der Waals surface area contributed by atoms with E-state index in [4.69, 9.17) is 14.2 Å². The van der Waals surface area contributed by atoms with E-state index in [0.717, 1.165) is 30.1 Å². The van der Waals surface area contributed by atoms with Crippen molar-refractivity contribution in [2.75, 3.05) is 27.1 Å². The summed E-state index contributed by atoms with van der Waals surface area (Å²) in [5, 5.41) is 3.25.